The molecular weight excluding hydrogens is 336 g/mol. The molecule has 1 amide bonds. The van der Waals surface area contributed by atoms with Crippen LogP contribution >= 0.6 is 0 Å². The SMILES string of the molecule is CC(=O)N1CCc2c(cncc2C(=O)n2c(=O)oc3cc(N)ccc32)C1. The zero-order valence-electron chi connectivity index (χ0n) is 14.1. The van der Waals surface area contributed by atoms with Gasteiger partial charge in [-0.2, -0.15) is 0 Å². The van der Waals surface area contributed by atoms with Crippen molar-refractivity contribution in [2.45, 2.75) is 19.9 Å². The van der Waals surface area contributed by atoms with Gasteiger partial charge in [-0.05, 0) is 29.7 Å². The van der Waals surface area contributed by atoms with Crippen LogP contribution in [0.2, 0.25) is 0 Å². The number of amides is 1. The summed E-state index contributed by atoms with van der Waals surface area (Å²) in [4.78, 5) is 42.7. The van der Waals surface area contributed by atoms with Crippen LogP contribution in [-0.2, 0) is 17.8 Å². The Labute approximate surface area is 147 Å². The van der Waals surface area contributed by atoms with Gasteiger partial charge in [-0.1, -0.05) is 0 Å². The van der Waals surface area contributed by atoms with Crippen LogP contribution in [0.4, 0.5) is 5.69 Å². The van der Waals surface area contributed by atoms with Crippen molar-refractivity contribution < 1.29 is 14.0 Å². The summed E-state index contributed by atoms with van der Waals surface area (Å²) in [5, 5.41) is 0. The minimum atomic E-state index is -0.769. The molecule has 0 bridgehead atoms. The fourth-order valence-corrected chi connectivity index (χ4v) is 3.29. The second kappa shape index (κ2) is 5.83. The van der Waals surface area contributed by atoms with E-state index in [0.717, 1.165) is 15.7 Å². The smallest absolute Gasteiger partial charge is 0.407 e. The van der Waals surface area contributed by atoms with E-state index in [1.54, 1.807) is 23.2 Å². The van der Waals surface area contributed by atoms with Crippen molar-refractivity contribution in [2.75, 3.05) is 12.3 Å². The van der Waals surface area contributed by atoms with Crippen LogP contribution in [0, 0.1) is 0 Å². The topological polar surface area (TPSA) is 111 Å². The predicted molar refractivity (Wildman–Crippen MR) is 93.6 cm³/mol. The lowest BCUT2D eigenvalue weighted by Crippen LogP contribution is -2.35. The molecule has 0 saturated carbocycles. The fourth-order valence-electron chi connectivity index (χ4n) is 3.29. The summed E-state index contributed by atoms with van der Waals surface area (Å²) in [5.41, 5.74) is 8.70. The molecule has 132 valence electrons. The maximum atomic E-state index is 13.1. The summed E-state index contributed by atoms with van der Waals surface area (Å²) in [5.74, 6) is -1.30. The van der Waals surface area contributed by atoms with Crippen molar-refractivity contribution in [2.24, 2.45) is 0 Å². The number of benzene rings is 1. The van der Waals surface area contributed by atoms with Gasteiger partial charge in [-0.25, -0.2) is 9.36 Å². The molecule has 26 heavy (non-hydrogen) atoms. The Balaban J connectivity index is 1.82. The van der Waals surface area contributed by atoms with Gasteiger partial charge in [-0.15, -0.1) is 0 Å². The van der Waals surface area contributed by atoms with Crippen molar-refractivity contribution in [3.63, 3.8) is 0 Å². The third-order valence-electron chi connectivity index (χ3n) is 4.62. The molecule has 0 spiro atoms. The second-order valence-corrected chi connectivity index (χ2v) is 6.25. The molecule has 0 fully saturated rings. The minimum absolute atomic E-state index is 0.0259. The Bertz CT molecular complexity index is 1110. The summed E-state index contributed by atoms with van der Waals surface area (Å²) in [6, 6.07) is 4.68. The van der Waals surface area contributed by atoms with Crippen LogP contribution in [0.1, 0.15) is 28.4 Å². The number of nitrogens with zero attached hydrogens (tertiary/aromatic N) is 3. The Hall–Kier alpha value is -3.42. The molecule has 8 heteroatoms. The van der Waals surface area contributed by atoms with Gasteiger partial charge in [0.1, 0.15) is 0 Å². The standard InChI is InChI=1S/C18H16N4O4/c1-10(23)21-5-4-13-11(9-21)7-20-8-14(13)17(24)22-15-3-2-12(19)6-16(15)26-18(22)25/h2-3,6-8H,4-5,9,19H2,1H3. The van der Waals surface area contributed by atoms with Crippen LogP contribution in [0.3, 0.4) is 0 Å². The first kappa shape index (κ1) is 16.1. The van der Waals surface area contributed by atoms with Crippen molar-refractivity contribution >= 4 is 28.6 Å². The van der Waals surface area contributed by atoms with Crippen LogP contribution in [0.25, 0.3) is 11.1 Å². The molecule has 2 N–H and O–H groups in total. The average molecular weight is 352 g/mol. The molecule has 1 aromatic carbocycles. The van der Waals surface area contributed by atoms with E-state index in [4.69, 9.17) is 10.2 Å². The summed E-state index contributed by atoms with van der Waals surface area (Å²) in [6.07, 6.45) is 3.63. The number of pyridine rings is 1. The van der Waals surface area contributed by atoms with Gasteiger partial charge in [-0.3, -0.25) is 14.6 Å². The van der Waals surface area contributed by atoms with Gasteiger partial charge in [0, 0.05) is 44.2 Å². The largest absolute Gasteiger partial charge is 0.427 e. The molecule has 2 aromatic heterocycles. The van der Waals surface area contributed by atoms with Crippen LogP contribution in [-0.4, -0.2) is 32.8 Å². The van der Waals surface area contributed by atoms with E-state index >= 15 is 0 Å². The molecule has 3 aromatic rings. The van der Waals surface area contributed by atoms with Gasteiger partial charge in [0.05, 0.1) is 11.1 Å². The number of hydrogen-bond donors (Lipinski definition) is 1. The number of hydrogen-bond acceptors (Lipinski definition) is 6. The van der Waals surface area contributed by atoms with E-state index in [2.05, 4.69) is 4.98 Å². The highest BCUT2D eigenvalue weighted by Crippen LogP contribution is 2.24. The van der Waals surface area contributed by atoms with Crippen molar-refractivity contribution in [3.8, 4) is 0 Å². The Morgan fingerprint density at radius 2 is 2.08 bits per heavy atom. The second-order valence-electron chi connectivity index (χ2n) is 6.25. The number of nitrogens with two attached hydrogens (primary N) is 1. The number of aromatic nitrogens is 2. The molecule has 1 aliphatic rings. The number of fused-ring (bicyclic) bond motifs is 2. The van der Waals surface area contributed by atoms with Crippen LogP contribution in [0.15, 0.2) is 39.8 Å². The minimum Gasteiger partial charge on any atom is -0.407 e. The van der Waals surface area contributed by atoms with Crippen molar-refractivity contribution in [1.82, 2.24) is 14.5 Å². The number of carbonyl (C=O) groups excluding carboxylic acids is 2. The molecular formula is C18H16N4O4. The predicted octanol–water partition coefficient (Wildman–Crippen LogP) is 1.16. The average Bonchev–Trinajstić information content (AvgIpc) is 2.94. The van der Waals surface area contributed by atoms with Gasteiger partial charge in [0.15, 0.2) is 5.58 Å². The first-order chi connectivity index (χ1) is 12.5. The zero-order valence-corrected chi connectivity index (χ0v) is 14.1. The summed E-state index contributed by atoms with van der Waals surface area (Å²) in [6.45, 7) is 2.43. The van der Waals surface area contributed by atoms with E-state index in [1.807, 2.05) is 0 Å². The normalized spacial score (nSPS) is 13.7. The monoisotopic (exact) mass is 352 g/mol. The number of rotatable bonds is 1. The molecule has 0 aliphatic carbocycles. The molecule has 0 atom stereocenters. The van der Waals surface area contributed by atoms with Gasteiger partial charge in [0.2, 0.25) is 5.91 Å². The molecule has 0 unspecified atom stereocenters. The number of carbonyl (C=O) groups is 2. The first-order valence-corrected chi connectivity index (χ1v) is 8.13. The Morgan fingerprint density at radius 3 is 2.85 bits per heavy atom. The van der Waals surface area contributed by atoms with E-state index < -0.39 is 11.7 Å². The fraction of sp³-hybridized carbons (Fsp3) is 0.222. The molecule has 0 radical (unpaired) electrons. The van der Waals surface area contributed by atoms with Crippen LogP contribution in [0.5, 0.6) is 0 Å². The highest BCUT2D eigenvalue weighted by molar-refractivity contribution is 6.02. The van der Waals surface area contributed by atoms with Crippen molar-refractivity contribution in [3.05, 3.63) is 57.8 Å². The Morgan fingerprint density at radius 1 is 1.27 bits per heavy atom. The molecule has 1 aliphatic heterocycles. The van der Waals surface area contributed by atoms with Gasteiger partial charge < -0.3 is 15.1 Å². The van der Waals surface area contributed by atoms with Crippen LogP contribution < -0.4 is 11.5 Å². The molecule has 3 heterocycles. The van der Waals surface area contributed by atoms with E-state index in [0.29, 0.717) is 36.3 Å². The summed E-state index contributed by atoms with van der Waals surface area (Å²) >= 11 is 0. The summed E-state index contributed by atoms with van der Waals surface area (Å²) < 4.78 is 6.14. The zero-order chi connectivity index (χ0) is 18.4. The lowest BCUT2D eigenvalue weighted by molar-refractivity contribution is -0.129. The Kier molecular flexibility index (Phi) is 3.61. The lowest BCUT2D eigenvalue weighted by atomic mass is 9.96. The third-order valence-corrected chi connectivity index (χ3v) is 4.62. The first-order valence-electron chi connectivity index (χ1n) is 8.13. The van der Waals surface area contributed by atoms with E-state index in [-0.39, 0.29) is 11.5 Å². The maximum absolute atomic E-state index is 13.1. The number of nitrogen functional groups attached to an aromatic ring is 1. The summed E-state index contributed by atoms with van der Waals surface area (Å²) in [7, 11) is 0. The molecule has 8 nitrogen and oxygen atoms in total. The molecule has 4 rings (SSSR count). The lowest BCUT2D eigenvalue weighted by Gasteiger charge is -2.28. The maximum Gasteiger partial charge on any atom is 0.427 e. The third kappa shape index (κ3) is 2.46. The molecule has 0 saturated heterocycles. The highest BCUT2D eigenvalue weighted by Gasteiger charge is 2.26. The van der Waals surface area contributed by atoms with E-state index in [1.165, 1.54) is 19.2 Å². The van der Waals surface area contributed by atoms with Gasteiger partial charge >= 0.3 is 5.76 Å². The highest BCUT2D eigenvalue weighted by atomic mass is 16.4. The number of oxazole rings is 1. The quantitative estimate of drug-likeness (QED) is 0.658. The number of anilines is 1. The van der Waals surface area contributed by atoms with Gasteiger partial charge in [0.25, 0.3) is 5.91 Å². The van der Waals surface area contributed by atoms with Crippen molar-refractivity contribution in [1.29, 1.82) is 0 Å². The van der Waals surface area contributed by atoms with E-state index in [9.17, 15) is 14.4 Å².